The number of anilines is 1. The Morgan fingerprint density at radius 3 is 2.27 bits per heavy atom. The minimum atomic E-state index is -4.09. The summed E-state index contributed by atoms with van der Waals surface area (Å²) in [6, 6.07) is 9.24. The average Bonchev–Trinajstić information content (AvgIpc) is 2.89. The molecule has 1 amide bonds. The summed E-state index contributed by atoms with van der Waals surface area (Å²) < 4.78 is 73.8. The maximum absolute atomic E-state index is 13.8. The standard InChI is InChI=1S/C24H31FN4O6S2/c1-27-12-14-28(15-13-27)36(31,32)21-8-6-20(7-9-21)26-24(30)18-4-3-11-29(17-18)37(33,34)23-16-19(25)5-10-22(23)35-2/h5-10,16,18H,3-4,11-15,17H2,1-2H3,(H,26,30)/t18-/m1/s1. The van der Waals surface area contributed by atoms with Gasteiger partial charge in [-0.15, -0.1) is 0 Å². The first-order valence-electron chi connectivity index (χ1n) is 12.0. The van der Waals surface area contributed by atoms with Crippen LogP contribution in [0.25, 0.3) is 0 Å². The fourth-order valence-electron chi connectivity index (χ4n) is 4.50. The van der Waals surface area contributed by atoms with Crippen LogP contribution in [-0.2, 0) is 24.8 Å². The monoisotopic (exact) mass is 554 g/mol. The van der Waals surface area contributed by atoms with Crippen molar-refractivity contribution < 1.29 is 30.8 Å². The zero-order valence-corrected chi connectivity index (χ0v) is 22.4. The molecule has 2 aromatic rings. The van der Waals surface area contributed by atoms with Crippen molar-refractivity contribution in [3.63, 3.8) is 0 Å². The molecule has 10 nitrogen and oxygen atoms in total. The lowest BCUT2D eigenvalue weighted by Gasteiger charge is -2.32. The van der Waals surface area contributed by atoms with Crippen molar-refractivity contribution >= 4 is 31.6 Å². The van der Waals surface area contributed by atoms with Gasteiger partial charge in [-0.3, -0.25) is 4.79 Å². The van der Waals surface area contributed by atoms with Crippen LogP contribution in [-0.4, -0.2) is 89.7 Å². The van der Waals surface area contributed by atoms with Crippen LogP contribution in [0.5, 0.6) is 5.75 Å². The van der Waals surface area contributed by atoms with Crippen LogP contribution in [0.15, 0.2) is 52.3 Å². The number of halogens is 1. The van der Waals surface area contributed by atoms with Crippen LogP contribution in [0.1, 0.15) is 12.8 Å². The topological polar surface area (TPSA) is 116 Å². The molecule has 0 aromatic heterocycles. The minimum Gasteiger partial charge on any atom is -0.495 e. The molecule has 0 unspecified atom stereocenters. The summed E-state index contributed by atoms with van der Waals surface area (Å²) in [5.41, 5.74) is 0.411. The maximum Gasteiger partial charge on any atom is 0.246 e. The highest BCUT2D eigenvalue weighted by Gasteiger charge is 2.35. The van der Waals surface area contributed by atoms with Gasteiger partial charge in [0.1, 0.15) is 16.5 Å². The Kier molecular flexibility index (Phi) is 8.19. The van der Waals surface area contributed by atoms with Gasteiger partial charge in [0, 0.05) is 45.0 Å². The number of hydrogen-bond donors (Lipinski definition) is 1. The molecule has 4 rings (SSSR count). The lowest BCUT2D eigenvalue weighted by atomic mass is 9.99. The van der Waals surface area contributed by atoms with Crippen molar-refractivity contribution in [3.05, 3.63) is 48.3 Å². The number of nitrogens with one attached hydrogen (secondary N) is 1. The Hall–Kier alpha value is -2.58. The van der Waals surface area contributed by atoms with E-state index in [0.717, 1.165) is 12.1 Å². The normalized spacial score (nSPS) is 20.5. The Morgan fingerprint density at radius 1 is 0.946 bits per heavy atom. The van der Waals surface area contributed by atoms with Gasteiger partial charge in [-0.1, -0.05) is 0 Å². The van der Waals surface area contributed by atoms with Crippen LogP contribution in [0.3, 0.4) is 0 Å². The summed E-state index contributed by atoms with van der Waals surface area (Å²) in [4.78, 5) is 14.9. The van der Waals surface area contributed by atoms with E-state index >= 15 is 0 Å². The van der Waals surface area contributed by atoms with E-state index in [0.29, 0.717) is 44.7 Å². The number of hydrogen-bond acceptors (Lipinski definition) is 7. The van der Waals surface area contributed by atoms with E-state index in [9.17, 15) is 26.0 Å². The second-order valence-electron chi connectivity index (χ2n) is 9.22. The van der Waals surface area contributed by atoms with E-state index in [1.807, 2.05) is 7.05 Å². The van der Waals surface area contributed by atoms with Crippen molar-refractivity contribution in [3.8, 4) is 5.75 Å². The summed E-state index contributed by atoms with van der Waals surface area (Å²) >= 11 is 0. The predicted octanol–water partition coefficient (Wildman–Crippen LogP) is 1.81. The number of carbonyl (C=O) groups excluding carboxylic acids is 1. The van der Waals surface area contributed by atoms with Crippen LogP contribution in [0.4, 0.5) is 10.1 Å². The fraction of sp³-hybridized carbons (Fsp3) is 0.458. The molecule has 2 aliphatic heterocycles. The molecule has 1 N–H and O–H groups in total. The van der Waals surface area contributed by atoms with Crippen molar-refractivity contribution in [2.45, 2.75) is 22.6 Å². The largest absolute Gasteiger partial charge is 0.495 e. The lowest BCUT2D eigenvalue weighted by molar-refractivity contribution is -0.120. The lowest BCUT2D eigenvalue weighted by Crippen LogP contribution is -2.47. The Bertz CT molecular complexity index is 1340. The van der Waals surface area contributed by atoms with E-state index in [-0.39, 0.29) is 34.5 Å². The molecule has 202 valence electrons. The van der Waals surface area contributed by atoms with Crippen molar-refractivity contribution in [1.29, 1.82) is 0 Å². The van der Waals surface area contributed by atoms with Gasteiger partial charge in [0.15, 0.2) is 0 Å². The average molecular weight is 555 g/mol. The second kappa shape index (κ2) is 11.0. The minimum absolute atomic E-state index is 0.0274. The van der Waals surface area contributed by atoms with Crippen LogP contribution in [0.2, 0.25) is 0 Å². The molecular weight excluding hydrogens is 523 g/mol. The van der Waals surface area contributed by atoms with Crippen molar-refractivity contribution in [1.82, 2.24) is 13.5 Å². The zero-order valence-electron chi connectivity index (χ0n) is 20.8. The third-order valence-corrected chi connectivity index (χ3v) is 10.5. The number of rotatable bonds is 7. The molecule has 0 radical (unpaired) electrons. The van der Waals surface area contributed by atoms with Gasteiger partial charge in [-0.2, -0.15) is 8.61 Å². The Morgan fingerprint density at radius 2 is 1.62 bits per heavy atom. The molecule has 2 fully saturated rings. The summed E-state index contributed by atoms with van der Waals surface area (Å²) in [7, 11) is -4.46. The number of likely N-dealkylation sites (N-methyl/N-ethyl adjacent to an activating group) is 1. The van der Waals surface area contributed by atoms with Crippen LogP contribution < -0.4 is 10.1 Å². The zero-order chi connectivity index (χ0) is 26.8. The van der Waals surface area contributed by atoms with E-state index in [1.54, 1.807) is 0 Å². The van der Waals surface area contributed by atoms with Gasteiger partial charge in [0.2, 0.25) is 26.0 Å². The number of piperidine rings is 1. The molecule has 1 atom stereocenters. The quantitative estimate of drug-likeness (QED) is 0.555. The van der Waals surface area contributed by atoms with Gasteiger partial charge in [-0.25, -0.2) is 21.2 Å². The first kappa shape index (κ1) is 27.5. The molecule has 37 heavy (non-hydrogen) atoms. The smallest absolute Gasteiger partial charge is 0.246 e. The van der Waals surface area contributed by atoms with Gasteiger partial charge in [0.25, 0.3) is 0 Å². The molecule has 13 heteroatoms. The molecule has 2 heterocycles. The number of ether oxygens (including phenoxy) is 1. The summed E-state index contributed by atoms with van der Waals surface area (Å²) in [5, 5.41) is 2.76. The first-order chi connectivity index (χ1) is 17.5. The van der Waals surface area contributed by atoms with Crippen molar-refractivity contribution in [2.24, 2.45) is 5.92 Å². The molecule has 0 bridgehead atoms. The fourth-order valence-corrected chi connectivity index (χ4v) is 7.61. The molecular formula is C24H31FN4O6S2. The third kappa shape index (κ3) is 5.96. The summed E-state index contributed by atoms with van der Waals surface area (Å²) in [5.74, 6) is -1.68. The highest BCUT2D eigenvalue weighted by Crippen LogP contribution is 2.31. The summed E-state index contributed by atoms with van der Waals surface area (Å²) in [6.07, 6.45) is 0.936. The van der Waals surface area contributed by atoms with Crippen LogP contribution in [0, 0.1) is 11.7 Å². The molecule has 2 saturated heterocycles. The Labute approximate surface area is 217 Å². The third-order valence-electron chi connectivity index (χ3n) is 6.72. The highest BCUT2D eigenvalue weighted by molar-refractivity contribution is 7.89. The van der Waals surface area contributed by atoms with Gasteiger partial charge in [0.05, 0.1) is 17.9 Å². The number of amides is 1. The van der Waals surface area contributed by atoms with E-state index in [1.165, 1.54) is 46.1 Å². The van der Waals surface area contributed by atoms with Crippen LogP contribution >= 0.6 is 0 Å². The second-order valence-corrected chi connectivity index (χ2v) is 13.1. The number of sulfonamides is 2. The van der Waals surface area contributed by atoms with E-state index in [4.69, 9.17) is 4.74 Å². The number of benzene rings is 2. The van der Waals surface area contributed by atoms with Gasteiger partial charge >= 0.3 is 0 Å². The Balaban J connectivity index is 1.43. The first-order valence-corrected chi connectivity index (χ1v) is 14.8. The van der Waals surface area contributed by atoms with E-state index < -0.39 is 31.8 Å². The van der Waals surface area contributed by atoms with E-state index in [2.05, 4.69) is 10.2 Å². The number of carbonyl (C=O) groups is 1. The predicted molar refractivity (Wildman–Crippen MR) is 136 cm³/mol. The summed E-state index contributed by atoms with van der Waals surface area (Å²) in [6.45, 7) is 2.29. The van der Waals surface area contributed by atoms with Gasteiger partial charge in [-0.05, 0) is 62.4 Å². The molecule has 0 spiro atoms. The molecule has 0 aliphatic carbocycles. The highest BCUT2D eigenvalue weighted by atomic mass is 32.2. The maximum atomic E-state index is 13.8. The number of methoxy groups -OCH3 is 1. The molecule has 2 aliphatic rings. The number of piperazine rings is 1. The molecule has 2 aromatic carbocycles. The number of nitrogens with zero attached hydrogens (tertiary/aromatic N) is 3. The van der Waals surface area contributed by atoms with Gasteiger partial charge < -0.3 is 15.0 Å². The molecule has 0 saturated carbocycles. The SMILES string of the molecule is COc1ccc(F)cc1S(=O)(=O)N1CCC[C@@H](C(=O)Nc2ccc(S(=O)(=O)N3CCN(C)CC3)cc2)C1. The van der Waals surface area contributed by atoms with Crippen molar-refractivity contribution in [2.75, 3.05) is 58.7 Å².